The molecule has 0 atom stereocenters. The Balaban J connectivity index is 2.34. The fourth-order valence-electron chi connectivity index (χ4n) is 0.115. The van der Waals surface area contributed by atoms with Crippen molar-refractivity contribution in [2.45, 2.75) is 0 Å². The maximum absolute atomic E-state index is 5.08. The van der Waals surface area contributed by atoms with Gasteiger partial charge in [-0.3, -0.25) is 0 Å². The molecule has 0 bridgehead atoms. The van der Waals surface area contributed by atoms with Gasteiger partial charge in [-0.1, -0.05) is 11.6 Å². The van der Waals surface area contributed by atoms with Crippen molar-refractivity contribution in [2.24, 2.45) is 0 Å². The third-order valence-corrected chi connectivity index (χ3v) is 0.433. The first-order valence-corrected chi connectivity index (χ1v) is 2.08. The number of alkyl halides is 1. The molecule has 3 heteroatoms. The predicted octanol–water partition coefficient (Wildman–Crippen LogP) is 0.803. The summed E-state index contributed by atoms with van der Waals surface area (Å²) in [5.41, 5.74) is 0. The van der Waals surface area contributed by atoms with Crippen molar-refractivity contribution in [1.29, 1.82) is 0 Å². The van der Waals surface area contributed by atoms with Gasteiger partial charge >= 0.3 is 0 Å². The van der Waals surface area contributed by atoms with Crippen LogP contribution in [0, 0.1) is 0 Å². The topological polar surface area (TPSA) is 18.5 Å². The summed E-state index contributed by atoms with van der Waals surface area (Å²) in [6, 6.07) is 0.202. The molecule has 0 saturated carbocycles. The Hall–Kier alpha value is 0.210. The predicted molar refractivity (Wildman–Crippen MR) is 23.7 cm³/mol. The second-order valence-electron chi connectivity index (χ2n) is 0.720. The summed E-state index contributed by atoms with van der Waals surface area (Å²) in [7, 11) is 1.55. The molecule has 0 aromatic rings. The number of rotatable bonds is 3. The van der Waals surface area contributed by atoms with Crippen LogP contribution in [0.2, 0.25) is 0 Å². The molecule has 0 aliphatic rings. The maximum Gasteiger partial charge on any atom is 0.147 e. The van der Waals surface area contributed by atoms with Crippen molar-refractivity contribution < 1.29 is 9.47 Å². The second-order valence-corrected chi connectivity index (χ2v) is 0.938. The quantitative estimate of drug-likeness (QED) is 0.304. The van der Waals surface area contributed by atoms with Crippen molar-refractivity contribution in [3.8, 4) is 0 Å². The summed E-state index contributed by atoms with van der Waals surface area (Å²) in [6.07, 6.45) is 0. The van der Waals surface area contributed by atoms with Crippen molar-refractivity contribution in [3.05, 3.63) is 0 Å². The van der Waals surface area contributed by atoms with Gasteiger partial charge in [-0.05, 0) is 0 Å². The van der Waals surface area contributed by atoms with E-state index in [2.05, 4.69) is 9.47 Å². The summed E-state index contributed by atoms with van der Waals surface area (Å²) < 4.78 is 9.00. The molecule has 0 spiro atoms. The Bertz CT molecular complexity index is 20.8. The van der Waals surface area contributed by atoms with E-state index in [4.69, 9.17) is 11.6 Å². The number of ether oxygens (including phenoxy) is 2. The minimum atomic E-state index is 0.202. The van der Waals surface area contributed by atoms with E-state index >= 15 is 0 Å². The number of hydrogen-bond acceptors (Lipinski definition) is 2. The van der Waals surface area contributed by atoms with Gasteiger partial charge in [-0.15, -0.1) is 0 Å². The van der Waals surface area contributed by atoms with Crippen LogP contribution in [0.3, 0.4) is 0 Å². The fraction of sp³-hybridized carbons (Fsp3) is 1.00. The lowest BCUT2D eigenvalue weighted by molar-refractivity contribution is -0.0113. The van der Waals surface area contributed by atoms with Crippen LogP contribution in [0.1, 0.15) is 0 Å². The Morgan fingerprint density at radius 1 is 1.67 bits per heavy atom. The molecular weight excluding hydrogens is 103 g/mol. The van der Waals surface area contributed by atoms with E-state index in [-0.39, 0.29) is 12.9 Å². The smallest absolute Gasteiger partial charge is 0.147 e. The zero-order chi connectivity index (χ0) is 4.83. The first-order chi connectivity index (χ1) is 2.91. The van der Waals surface area contributed by atoms with Crippen molar-refractivity contribution in [3.63, 3.8) is 0 Å². The van der Waals surface area contributed by atoms with E-state index in [0.717, 1.165) is 0 Å². The highest BCUT2D eigenvalue weighted by Crippen LogP contribution is 1.76. The van der Waals surface area contributed by atoms with Crippen LogP contribution in [-0.4, -0.2) is 20.0 Å². The Morgan fingerprint density at radius 3 is 2.50 bits per heavy atom. The van der Waals surface area contributed by atoms with Gasteiger partial charge in [0.1, 0.15) is 12.9 Å². The van der Waals surface area contributed by atoms with Crippen LogP contribution >= 0.6 is 11.6 Å². The van der Waals surface area contributed by atoms with Crippen LogP contribution in [0.25, 0.3) is 0 Å². The molecule has 0 aliphatic heterocycles. The standard InChI is InChI=1S/C3H7ClO2/c1-5-3-6-2-4/h2-3H2,1H3. The molecule has 0 unspecified atom stereocenters. The second kappa shape index (κ2) is 5.21. The molecule has 0 fully saturated rings. The maximum atomic E-state index is 5.08. The Morgan fingerprint density at radius 2 is 2.33 bits per heavy atom. The van der Waals surface area contributed by atoms with Gasteiger partial charge in [0, 0.05) is 7.11 Å². The van der Waals surface area contributed by atoms with Crippen molar-refractivity contribution in [2.75, 3.05) is 20.0 Å². The van der Waals surface area contributed by atoms with Crippen LogP contribution in [0.15, 0.2) is 0 Å². The molecule has 0 aromatic carbocycles. The van der Waals surface area contributed by atoms with Gasteiger partial charge in [-0.2, -0.15) is 0 Å². The van der Waals surface area contributed by atoms with Crippen molar-refractivity contribution >= 4 is 11.6 Å². The molecule has 0 amide bonds. The summed E-state index contributed by atoms with van der Waals surface area (Å²) >= 11 is 5.08. The molecule has 2 nitrogen and oxygen atoms in total. The largest absolute Gasteiger partial charge is 0.359 e. The van der Waals surface area contributed by atoms with Gasteiger partial charge < -0.3 is 9.47 Å². The van der Waals surface area contributed by atoms with Crippen LogP contribution in [0.5, 0.6) is 0 Å². The molecule has 38 valence electrons. The van der Waals surface area contributed by atoms with E-state index in [1.807, 2.05) is 0 Å². The Kier molecular flexibility index (Phi) is 5.39. The minimum absolute atomic E-state index is 0.202. The third-order valence-electron chi connectivity index (χ3n) is 0.278. The van der Waals surface area contributed by atoms with E-state index in [1.165, 1.54) is 0 Å². The van der Waals surface area contributed by atoms with Crippen LogP contribution < -0.4 is 0 Å². The van der Waals surface area contributed by atoms with Gasteiger partial charge in [0.15, 0.2) is 0 Å². The van der Waals surface area contributed by atoms with Crippen molar-refractivity contribution in [1.82, 2.24) is 0 Å². The lowest BCUT2D eigenvalue weighted by atomic mass is 11.4. The first-order valence-electron chi connectivity index (χ1n) is 1.54. The zero-order valence-corrected chi connectivity index (χ0v) is 4.36. The zero-order valence-electron chi connectivity index (χ0n) is 3.61. The normalized spacial score (nSPS) is 9.00. The summed E-state index contributed by atoms with van der Waals surface area (Å²) in [6.45, 7) is 0.281. The Labute approximate surface area is 42.0 Å². The SMILES string of the molecule is COCOCCl. The number of halogens is 1. The molecule has 0 rings (SSSR count). The lowest BCUT2D eigenvalue weighted by Gasteiger charge is -1.91. The van der Waals surface area contributed by atoms with Gasteiger partial charge in [-0.25, -0.2) is 0 Å². The first kappa shape index (κ1) is 6.21. The molecule has 0 aliphatic carbocycles. The average molecular weight is 111 g/mol. The highest BCUT2D eigenvalue weighted by Gasteiger charge is 1.72. The molecule has 0 N–H and O–H groups in total. The van der Waals surface area contributed by atoms with Crippen LogP contribution in [0.4, 0.5) is 0 Å². The molecular formula is C3H7ClO2. The van der Waals surface area contributed by atoms with E-state index < -0.39 is 0 Å². The van der Waals surface area contributed by atoms with Gasteiger partial charge in [0.2, 0.25) is 0 Å². The fourth-order valence-corrected chi connectivity index (χ4v) is 0.178. The summed E-state index contributed by atoms with van der Waals surface area (Å²) in [5, 5.41) is 0. The average Bonchev–Trinajstić information content (AvgIpc) is 1.61. The molecule has 0 saturated heterocycles. The highest BCUT2D eigenvalue weighted by molar-refractivity contribution is 6.17. The molecule has 0 radical (unpaired) electrons. The minimum Gasteiger partial charge on any atom is -0.359 e. The highest BCUT2D eigenvalue weighted by atomic mass is 35.5. The van der Waals surface area contributed by atoms with Crippen LogP contribution in [-0.2, 0) is 9.47 Å². The summed E-state index contributed by atoms with van der Waals surface area (Å²) in [5.74, 6) is 0. The number of methoxy groups -OCH3 is 1. The monoisotopic (exact) mass is 110 g/mol. The third kappa shape index (κ3) is 4.21. The number of hydrogen-bond donors (Lipinski definition) is 0. The van der Waals surface area contributed by atoms with Gasteiger partial charge in [0.25, 0.3) is 0 Å². The van der Waals surface area contributed by atoms with Gasteiger partial charge in [0.05, 0.1) is 0 Å². The molecule has 0 heterocycles. The molecule has 0 aromatic heterocycles. The van der Waals surface area contributed by atoms with E-state index in [0.29, 0.717) is 0 Å². The summed E-state index contributed by atoms with van der Waals surface area (Å²) in [4.78, 5) is 0. The van der Waals surface area contributed by atoms with E-state index in [1.54, 1.807) is 7.11 Å². The molecule has 6 heavy (non-hydrogen) atoms. The van der Waals surface area contributed by atoms with E-state index in [9.17, 15) is 0 Å². The lowest BCUT2D eigenvalue weighted by Crippen LogP contribution is -1.91.